The third kappa shape index (κ3) is 3.93. The van der Waals surface area contributed by atoms with Crippen LogP contribution in [0.2, 0.25) is 0 Å². The number of hydrogen-bond acceptors (Lipinski definition) is 5. The zero-order valence-electron chi connectivity index (χ0n) is 15.6. The average Bonchev–Trinajstić information content (AvgIpc) is 3.19. The topological polar surface area (TPSA) is 39.7 Å². The van der Waals surface area contributed by atoms with Crippen LogP contribution in [0.15, 0.2) is 29.6 Å². The van der Waals surface area contributed by atoms with Gasteiger partial charge >= 0.3 is 0 Å². The molecule has 2 aliphatic rings. The average molecular weight is 389 g/mol. The van der Waals surface area contributed by atoms with Crippen LogP contribution in [0.5, 0.6) is 0 Å². The van der Waals surface area contributed by atoms with Crippen LogP contribution in [-0.4, -0.2) is 55.1 Å². The molecular weight excluding hydrogens is 363 g/mol. The molecule has 1 aromatic heterocycles. The number of benzene rings is 1. The first-order chi connectivity index (χ1) is 13.1. The molecule has 0 radical (unpaired) electrons. The Morgan fingerprint density at radius 1 is 1.07 bits per heavy atom. The molecule has 0 aliphatic carbocycles. The summed E-state index contributed by atoms with van der Waals surface area (Å²) in [5, 5.41) is 2.76. The number of piperazine rings is 1. The second-order valence-electron chi connectivity index (χ2n) is 7.42. The van der Waals surface area contributed by atoms with Gasteiger partial charge in [-0.2, -0.15) is 0 Å². The molecule has 27 heavy (non-hydrogen) atoms. The number of carbonyl (C=O) groups excluding carboxylic acids is 1. The van der Waals surface area contributed by atoms with Gasteiger partial charge in [0.05, 0.1) is 5.69 Å². The Balaban J connectivity index is 1.37. The highest BCUT2D eigenvalue weighted by Gasteiger charge is 2.25. The number of hydrogen-bond donors (Lipinski definition) is 0. The smallest absolute Gasteiger partial charge is 0.273 e. The minimum Gasteiger partial charge on any atom is -0.366 e. The van der Waals surface area contributed by atoms with E-state index in [1.54, 1.807) is 6.07 Å². The number of carbonyl (C=O) groups is 1. The molecule has 3 heterocycles. The van der Waals surface area contributed by atoms with Gasteiger partial charge in [0.25, 0.3) is 5.91 Å². The fourth-order valence-electron chi connectivity index (χ4n) is 3.73. The standard InChI is InChI=1S/C20H25FN4OS/c1-15-6-8-24(9-7-15)19(26)17-14-27-20(22-17)25-12-10-23(11-13-25)18-5-3-2-4-16(18)21/h2-5,14-15H,6-13H2,1H3. The van der Waals surface area contributed by atoms with E-state index < -0.39 is 0 Å². The van der Waals surface area contributed by atoms with E-state index in [2.05, 4.69) is 21.7 Å². The summed E-state index contributed by atoms with van der Waals surface area (Å²) in [6, 6.07) is 6.91. The summed E-state index contributed by atoms with van der Waals surface area (Å²) in [5.41, 5.74) is 1.22. The number of thiazole rings is 1. The Labute approximate surface area is 163 Å². The number of nitrogens with zero attached hydrogens (tertiary/aromatic N) is 4. The van der Waals surface area contributed by atoms with Crippen LogP contribution in [0, 0.1) is 11.7 Å². The molecule has 1 amide bonds. The van der Waals surface area contributed by atoms with E-state index in [0.29, 0.717) is 17.3 Å². The van der Waals surface area contributed by atoms with Gasteiger partial charge in [0.1, 0.15) is 11.5 Å². The normalized spacial score (nSPS) is 18.8. The van der Waals surface area contributed by atoms with Crippen molar-refractivity contribution in [2.75, 3.05) is 49.1 Å². The van der Waals surface area contributed by atoms with Gasteiger partial charge in [-0.1, -0.05) is 19.1 Å². The van der Waals surface area contributed by atoms with Crippen molar-refractivity contribution >= 4 is 28.1 Å². The van der Waals surface area contributed by atoms with Crippen LogP contribution in [-0.2, 0) is 0 Å². The lowest BCUT2D eigenvalue weighted by atomic mass is 9.99. The maximum absolute atomic E-state index is 14.0. The number of rotatable bonds is 3. The Morgan fingerprint density at radius 3 is 2.44 bits per heavy atom. The highest BCUT2D eigenvalue weighted by molar-refractivity contribution is 7.13. The van der Waals surface area contributed by atoms with E-state index in [0.717, 1.165) is 57.2 Å². The predicted molar refractivity (Wildman–Crippen MR) is 107 cm³/mol. The first kappa shape index (κ1) is 18.2. The fourth-order valence-corrected chi connectivity index (χ4v) is 4.58. The van der Waals surface area contributed by atoms with Gasteiger partial charge in [-0.3, -0.25) is 4.79 Å². The van der Waals surface area contributed by atoms with Crippen molar-refractivity contribution in [2.24, 2.45) is 5.92 Å². The first-order valence-corrected chi connectivity index (χ1v) is 10.5. The van der Waals surface area contributed by atoms with Crippen molar-refractivity contribution < 1.29 is 9.18 Å². The van der Waals surface area contributed by atoms with E-state index in [1.807, 2.05) is 22.4 Å². The van der Waals surface area contributed by atoms with Gasteiger partial charge in [0, 0.05) is 44.6 Å². The molecule has 5 nitrogen and oxygen atoms in total. The first-order valence-electron chi connectivity index (χ1n) is 9.61. The summed E-state index contributed by atoms with van der Waals surface area (Å²) in [7, 11) is 0. The molecule has 2 aliphatic heterocycles. The third-order valence-corrected chi connectivity index (χ3v) is 6.43. The Morgan fingerprint density at radius 2 is 1.74 bits per heavy atom. The molecule has 0 N–H and O–H groups in total. The number of aromatic nitrogens is 1. The number of halogens is 1. The van der Waals surface area contributed by atoms with Gasteiger partial charge in [-0.05, 0) is 30.9 Å². The van der Waals surface area contributed by atoms with E-state index in [-0.39, 0.29) is 11.7 Å². The summed E-state index contributed by atoms with van der Waals surface area (Å²) in [4.78, 5) is 23.5. The van der Waals surface area contributed by atoms with E-state index >= 15 is 0 Å². The summed E-state index contributed by atoms with van der Waals surface area (Å²) >= 11 is 1.52. The minimum atomic E-state index is -0.177. The number of amides is 1. The Bertz CT molecular complexity index is 795. The fraction of sp³-hybridized carbons (Fsp3) is 0.500. The zero-order valence-corrected chi connectivity index (χ0v) is 16.4. The minimum absolute atomic E-state index is 0.0504. The molecule has 1 aromatic carbocycles. The van der Waals surface area contributed by atoms with Gasteiger partial charge in [-0.15, -0.1) is 11.3 Å². The van der Waals surface area contributed by atoms with E-state index in [4.69, 9.17) is 0 Å². The van der Waals surface area contributed by atoms with Gasteiger partial charge < -0.3 is 14.7 Å². The molecule has 0 unspecified atom stereocenters. The van der Waals surface area contributed by atoms with Crippen molar-refractivity contribution in [1.29, 1.82) is 0 Å². The highest BCUT2D eigenvalue weighted by atomic mass is 32.1. The van der Waals surface area contributed by atoms with Crippen LogP contribution in [0.25, 0.3) is 0 Å². The second-order valence-corrected chi connectivity index (χ2v) is 8.25. The quantitative estimate of drug-likeness (QED) is 0.807. The molecule has 0 atom stereocenters. The Kier molecular flexibility index (Phi) is 5.29. The lowest BCUT2D eigenvalue weighted by molar-refractivity contribution is 0.0692. The van der Waals surface area contributed by atoms with Crippen molar-refractivity contribution in [3.63, 3.8) is 0 Å². The molecular formula is C20H25FN4OS. The second kappa shape index (κ2) is 7.84. The summed E-state index contributed by atoms with van der Waals surface area (Å²) in [5.74, 6) is 0.573. The highest BCUT2D eigenvalue weighted by Crippen LogP contribution is 2.26. The number of piperidine rings is 1. The number of anilines is 2. The molecule has 2 fully saturated rings. The van der Waals surface area contributed by atoms with Crippen molar-refractivity contribution in [1.82, 2.24) is 9.88 Å². The SMILES string of the molecule is CC1CCN(C(=O)c2csc(N3CCN(c4ccccc4F)CC3)n2)CC1. The Hall–Kier alpha value is -2.15. The van der Waals surface area contributed by atoms with Gasteiger partial charge in [-0.25, -0.2) is 9.37 Å². The van der Waals surface area contributed by atoms with E-state index in [9.17, 15) is 9.18 Å². The number of para-hydroxylation sites is 1. The van der Waals surface area contributed by atoms with Gasteiger partial charge in [0.15, 0.2) is 5.13 Å². The molecule has 2 saturated heterocycles. The summed E-state index contributed by atoms with van der Waals surface area (Å²) in [6.07, 6.45) is 2.14. The predicted octanol–water partition coefficient (Wildman–Crippen LogP) is 3.48. The maximum atomic E-state index is 14.0. The summed E-state index contributed by atoms with van der Waals surface area (Å²) in [6.45, 7) is 6.93. The van der Waals surface area contributed by atoms with Crippen molar-refractivity contribution in [3.05, 3.63) is 41.2 Å². The molecule has 2 aromatic rings. The summed E-state index contributed by atoms with van der Waals surface area (Å²) < 4.78 is 14.0. The molecule has 0 bridgehead atoms. The van der Waals surface area contributed by atoms with Crippen LogP contribution in [0.4, 0.5) is 15.2 Å². The molecule has 0 spiro atoms. The molecule has 4 rings (SSSR count). The van der Waals surface area contributed by atoms with Crippen molar-refractivity contribution in [3.8, 4) is 0 Å². The van der Waals surface area contributed by atoms with Crippen LogP contribution in [0.1, 0.15) is 30.3 Å². The van der Waals surface area contributed by atoms with Crippen molar-refractivity contribution in [2.45, 2.75) is 19.8 Å². The maximum Gasteiger partial charge on any atom is 0.273 e. The van der Waals surface area contributed by atoms with Crippen LogP contribution >= 0.6 is 11.3 Å². The molecule has 7 heteroatoms. The molecule has 0 saturated carbocycles. The van der Waals surface area contributed by atoms with Gasteiger partial charge in [0.2, 0.25) is 0 Å². The zero-order chi connectivity index (χ0) is 18.8. The number of likely N-dealkylation sites (tertiary alicyclic amines) is 1. The van der Waals surface area contributed by atoms with E-state index in [1.165, 1.54) is 17.4 Å². The van der Waals surface area contributed by atoms with Crippen LogP contribution < -0.4 is 9.80 Å². The van der Waals surface area contributed by atoms with Crippen LogP contribution in [0.3, 0.4) is 0 Å². The molecule has 144 valence electrons. The monoisotopic (exact) mass is 388 g/mol. The lowest BCUT2D eigenvalue weighted by Gasteiger charge is -2.36. The lowest BCUT2D eigenvalue weighted by Crippen LogP contribution is -2.46. The largest absolute Gasteiger partial charge is 0.366 e. The third-order valence-electron chi connectivity index (χ3n) is 5.53.